The third-order valence-corrected chi connectivity index (χ3v) is 4.51. The fourth-order valence-electron chi connectivity index (χ4n) is 3.23. The van der Waals surface area contributed by atoms with Crippen LogP contribution in [0, 0.1) is 5.92 Å². The summed E-state index contributed by atoms with van der Waals surface area (Å²) in [4.78, 5) is 39.1. The van der Waals surface area contributed by atoms with Crippen molar-refractivity contribution in [2.24, 2.45) is 5.92 Å². The molecule has 1 atom stereocenters. The summed E-state index contributed by atoms with van der Waals surface area (Å²) in [6, 6.07) is 7.23. The molecule has 0 spiro atoms. The molecule has 1 aromatic rings. The lowest BCUT2D eigenvalue weighted by Crippen LogP contribution is -2.49. The Morgan fingerprint density at radius 3 is 2.38 bits per heavy atom. The van der Waals surface area contributed by atoms with Crippen LogP contribution in [-0.2, 0) is 14.3 Å². The van der Waals surface area contributed by atoms with Crippen molar-refractivity contribution in [2.45, 2.75) is 39.2 Å². The van der Waals surface area contributed by atoms with Gasteiger partial charge in [0.25, 0.3) is 0 Å². The second-order valence-electron chi connectivity index (χ2n) is 7.74. The van der Waals surface area contributed by atoms with Gasteiger partial charge in [-0.15, -0.1) is 0 Å². The van der Waals surface area contributed by atoms with Gasteiger partial charge in [-0.25, -0.2) is 4.79 Å². The number of nitrogens with zero attached hydrogens (tertiary/aromatic N) is 2. The number of carbonyl (C=O) groups is 3. The molecule has 2 saturated heterocycles. The summed E-state index contributed by atoms with van der Waals surface area (Å²) >= 11 is 0. The number of esters is 1. The first-order valence-electron chi connectivity index (χ1n) is 8.92. The Morgan fingerprint density at radius 2 is 1.77 bits per heavy atom. The normalized spacial score (nSPS) is 21.0. The van der Waals surface area contributed by atoms with Gasteiger partial charge in [-0.3, -0.25) is 19.8 Å². The Balaban J connectivity index is 1.62. The van der Waals surface area contributed by atoms with Crippen molar-refractivity contribution in [1.82, 2.24) is 5.32 Å². The minimum Gasteiger partial charge on any atom is -0.460 e. The van der Waals surface area contributed by atoms with Crippen LogP contribution in [0.1, 0.15) is 33.6 Å². The monoisotopic (exact) mass is 359 g/mol. The third kappa shape index (κ3) is 4.15. The van der Waals surface area contributed by atoms with Crippen LogP contribution in [-0.4, -0.2) is 43.1 Å². The van der Waals surface area contributed by atoms with Crippen LogP contribution in [0.5, 0.6) is 0 Å². The summed E-state index contributed by atoms with van der Waals surface area (Å²) in [7, 11) is 0. The van der Waals surface area contributed by atoms with E-state index in [1.54, 1.807) is 4.90 Å². The van der Waals surface area contributed by atoms with E-state index in [9.17, 15) is 14.4 Å². The summed E-state index contributed by atoms with van der Waals surface area (Å²) in [6.45, 7) is 7.44. The van der Waals surface area contributed by atoms with E-state index in [0.717, 1.165) is 24.3 Å². The first-order valence-corrected chi connectivity index (χ1v) is 8.92. The van der Waals surface area contributed by atoms with Crippen LogP contribution in [0.25, 0.3) is 0 Å². The maximum Gasteiger partial charge on any atom is 0.328 e. The zero-order valence-electron chi connectivity index (χ0n) is 15.4. The molecule has 0 aliphatic carbocycles. The summed E-state index contributed by atoms with van der Waals surface area (Å²) in [5.41, 5.74) is 1.29. The van der Waals surface area contributed by atoms with E-state index in [0.29, 0.717) is 19.5 Å². The first kappa shape index (κ1) is 18.2. The average molecular weight is 359 g/mol. The molecule has 0 radical (unpaired) electrons. The van der Waals surface area contributed by atoms with E-state index < -0.39 is 5.60 Å². The van der Waals surface area contributed by atoms with Crippen LogP contribution in [0.2, 0.25) is 0 Å². The van der Waals surface area contributed by atoms with Crippen molar-refractivity contribution >= 4 is 29.3 Å². The van der Waals surface area contributed by atoms with Crippen molar-refractivity contribution in [3.05, 3.63) is 24.3 Å². The second kappa shape index (κ2) is 6.97. The lowest BCUT2D eigenvalue weighted by atomic mass is 10.1. The van der Waals surface area contributed by atoms with Gasteiger partial charge >= 0.3 is 12.0 Å². The number of ether oxygens (including phenoxy) is 1. The maximum absolute atomic E-state index is 12.2. The molecule has 2 aliphatic heterocycles. The molecular weight excluding hydrogens is 334 g/mol. The number of hydrogen-bond acceptors (Lipinski definition) is 5. The van der Waals surface area contributed by atoms with E-state index in [4.69, 9.17) is 4.74 Å². The van der Waals surface area contributed by atoms with Gasteiger partial charge < -0.3 is 9.64 Å². The number of urea groups is 1. The van der Waals surface area contributed by atoms with E-state index in [-0.39, 0.29) is 23.8 Å². The molecule has 0 bridgehead atoms. The van der Waals surface area contributed by atoms with E-state index >= 15 is 0 Å². The first-order chi connectivity index (χ1) is 12.2. The number of carbonyl (C=O) groups excluding carboxylic acids is 3. The minimum atomic E-state index is -0.470. The molecule has 0 aromatic heterocycles. The third-order valence-electron chi connectivity index (χ3n) is 4.51. The van der Waals surface area contributed by atoms with Crippen molar-refractivity contribution < 1.29 is 19.1 Å². The molecule has 3 rings (SSSR count). The molecule has 3 amide bonds. The van der Waals surface area contributed by atoms with Crippen molar-refractivity contribution in [1.29, 1.82) is 0 Å². The van der Waals surface area contributed by atoms with Gasteiger partial charge in [0.15, 0.2) is 0 Å². The predicted molar refractivity (Wildman–Crippen MR) is 98.1 cm³/mol. The standard InChI is InChI=1S/C19H25N3O4/c1-19(2,3)26-17(24)13-8-10-21(12-13)14-4-6-15(7-5-14)22-11-9-16(23)20-18(22)25/h4-7,13H,8-12H2,1-3H3,(H,20,23,25). The number of nitrogens with one attached hydrogen (secondary N) is 1. The molecule has 1 unspecified atom stereocenters. The van der Waals surface area contributed by atoms with Crippen LogP contribution in [0.4, 0.5) is 16.2 Å². The Kier molecular flexibility index (Phi) is 4.89. The maximum atomic E-state index is 12.2. The molecule has 26 heavy (non-hydrogen) atoms. The Labute approximate surface area is 153 Å². The van der Waals surface area contributed by atoms with Gasteiger partial charge in [0, 0.05) is 37.4 Å². The molecule has 1 aromatic carbocycles. The number of imide groups is 1. The van der Waals surface area contributed by atoms with Gasteiger partial charge in [-0.1, -0.05) is 0 Å². The molecule has 7 nitrogen and oxygen atoms in total. The molecule has 140 valence electrons. The number of amides is 3. The summed E-state index contributed by atoms with van der Waals surface area (Å²) in [5.74, 6) is -0.507. The van der Waals surface area contributed by atoms with Crippen molar-refractivity contribution in [3.8, 4) is 0 Å². The molecule has 2 aliphatic rings. The highest BCUT2D eigenvalue weighted by molar-refractivity contribution is 6.05. The van der Waals surface area contributed by atoms with Gasteiger partial charge in [-0.05, 0) is 51.5 Å². The number of rotatable bonds is 3. The highest BCUT2D eigenvalue weighted by Gasteiger charge is 2.32. The molecule has 7 heteroatoms. The van der Waals surface area contributed by atoms with Gasteiger partial charge in [-0.2, -0.15) is 0 Å². The van der Waals surface area contributed by atoms with Crippen LogP contribution < -0.4 is 15.1 Å². The molecular formula is C19H25N3O4. The Bertz CT molecular complexity index is 708. The molecule has 2 heterocycles. The highest BCUT2D eigenvalue weighted by Crippen LogP contribution is 2.28. The van der Waals surface area contributed by atoms with Crippen LogP contribution in [0.3, 0.4) is 0 Å². The van der Waals surface area contributed by atoms with Crippen molar-refractivity contribution in [2.75, 3.05) is 29.4 Å². The smallest absolute Gasteiger partial charge is 0.328 e. The minimum absolute atomic E-state index is 0.118. The van der Waals surface area contributed by atoms with Crippen LogP contribution >= 0.6 is 0 Å². The Hall–Kier alpha value is -2.57. The predicted octanol–water partition coefficient (Wildman–Crippen LogP) is 2.30. The molecule has 1 N–H and O–H groups in total. The number of hydrogen-bond donors (Lipinski definition) is 1. The highest BCUT2D eigenvalue weighted by atomic mass is 16.6. The SMILES string of the molecule is CC(C)(C)OC(=O)C1CCN(c2ccc(N3CCC(=O)NC3=O)cc2)C1. The van der Waals surface area contributed by atoms with Crippen molar-refractivity contribution in [3.63, 3.8) is 0 Å². The topological polar surface area (TPSA) is 79.0 Å². The zero-order chi connectivity index (χ0) is 18.9. The lowest BCUT2D eigenvalue weighted by Gasteiger charge is -2.27. The quantitative estimate of drug-likeness (QED) is 0.838. The molecule has 2 fully saturated rings. The van der Waals surface area contributed by atoms with Crippen LogP contribution in [0.15, 0.2) is 24.3 Å². The number of anilines is 2. The lowest BCUT2D eigenvalue weighted by molar-refractivity contribution is -0.159. The Morgan fingerprint density at radius 1 is 1.12 bits per heavy atom. The van der Waals surface area contributed by atoms with E-state index in [1.807, 2.05) is 45.0 Å². The summed E-state index contributed by atoms with van der Waals surface area (Å²) in [6.07, 6.45) is 1.07. The zero-order valence-corrected chi connectivity index (χ0v) is 15.4. The summed E-state index contributed by atoms with van der Waals surface area (Å²) in [5, 5.41) is 2.32. The fourth-order valence-corrected chi connectivity index (χ4v) is 3.23. The average Bonchev–Trinajstić information content (AvgIpc) is 3.04. The van der Waals surface area contributed by atoms with Gasteiger partial charge in [0.2, 0.25) is 5.91 Å². The largest absolute Gasteiger partial charge is 0.460 e. The van der Waals surface area contributed by atoms with E-state index in [1.165, 1.54) is 0 Å². The molecule has 0 saturated carbocycles. The fraction of sp³-hybridized carbons (Fsp3) is 0.526. The van der Waals surface area contributed by atoms with E-state index in [2.05, 4.69) is 10.2 Å². The summed E-state index contributed by atoms with van der Waals surface area (Å²) < 4.78 is 5.48. The second-order valence-corrected chi connectivity index (χ2v) is 7.74. The van der Waals surface area contributed by atoms with Gasteiger partial charge in [0.05, 0.1) is 5.92 Å². The number of benzene rings is 1. The van der Waals surface area contributed by atoms with Gasteiger partial charge in [0.1, 0.15) is 5.60 Å².